The molecule has 208 valence electrons. The van der Waals surface area contributed by atoms with Gasteiger partial charge in [-0.3, -0.25) is 4.79 Å². The van der Waals surface area contributed by atoms with E-state index in [2.05, 4.69) is 6.92 Å². The normalized spacial score (nSPS) is 45.1. The Morgan fingerprint density at radius 2 is 1.70 bits per heavy atom. The van der Waals surface area contributed by atoms with Crippen LogP contribution in [-0.2, 0) is 9.59 Å². The van der Waals surface area contributed by atoms with Crippen molar-refractivity contribution >= 4 is 11.8 Å². The molecule has 0 amide bonds. The molecule has 0 aromatic carbocycles. The van der Waals surface area contributed by atoms with Gasteiger partial charge in [0.1, 0.15) is 0 Å². The molecule has 4 aliphatic carbocycles. The number of Topliss-reactive ketones (excluding diaryl/α,β-unsaturated/α-hetero) is 1. The Balaban J connectivity index is 1.76. The predicted octanol–water partition coefficient (Wildman–Crippen LogP) is 3.64. The largest absolute Gasteiger partial charge is 0.478 e. The van der Waals surface area contributed by atoms with Gasteiger partial charge in [-0.15, -0.1) is 0 Å². The van der Waals surface area contributed by atoms with E-state index in [4.69, 9.17) is 5.11 Å². The van der Waals surface area contributed by atoms with Crippen LogP contribution >= 0.6 is 0 Å². The molecule has 0 bridgehead atoms. The van der Waals surface area contributed by atoms with Gasteiger partial charge in [0.05, 0.1) is 24.4 Å². The predicted molar refractivity (Wildman–Crippen MR) is 139 cm³/mol. The highest BCUT2D eigenvalue weighted by Gasteiger charge is 2.69. The summed E-state index contributed by atoms with van der Waals surface area (Å²) >= 11 is 0. The average Bonchev–Trinajstić information content (AvgIpc) is 2.99. The third-order valence-electron chi connectivity index (χ3n) is 11.7. The number of hydrogen-bond donors (Lipinski definition) is 5. The van der Waals surface area contributed by atoms with Crippen LogP contribution in [0.2, 0.25) is 0 Å². The summed E-state index contributed by atoms with van der Waals surface area (Å²) in [6.45, 7) is 13.7. The van der Waals surface area contributed by atoms with Crippen LogP contribution < -0.4 is 0 Å². The molecule has 0 aliphatic heterocycles. The lowest BCUT2D eigenvalue weighted by Gasteiger charge is -2.62. The number of rotatable bonds is 5. The molecule has 0 unspecified atom stereocenters. The van der Waals surface area contributed by atoms with E-state index in [1.165, 1.54) is 13.0 Å². The molecule has 37 heavy (non-hydrogen) atoms. The summed E-state index contributed by atoms with van der Waals surface area (Å²) in [6.07, 6.45) is 1.03. The molecule has 7 heteroatoms. The van der Waals surface area contributed by atoms with Crippen molar-refractivity contribution in [1.29, 1.82) is 0 Å². The van der Waals surface area contributed by atoms with Gasteiger partial charge in [0.15, 0.2) is 5.78 Å². The molecule has 0 aromatic heterocycles. The molecule has 5 N–H and O–H groups in total. The number of aliphatic carboxylic acids is 1. The van der Waals surface area contributed by atoms with Crippen LogP contribution in [0.4, 0.5) is 0 Å². The topological polar surface area (TPSA) is 135 Å². The van der Waals surface area contributed by atoms with E-state index in [0.29, 0.717) is 43.3 Å². The number of carbonyl (C=O) groups excluding carboxylic acids is 1. The fraction of sp³-hybridized carbons (Fsp3) is 0.800. The van der Waals surface area contributed by atoms with Crippen molar-refractivity contribution in [3.63, 3.8) is 0 Å². The number of ketones is 1. The molecule has 4 rings (SSSR count). The molecular weight excluding hydrogens is 472 g/mol. The van der Waals surface area contributed by atoms with E-state index in [0.717, 1.165) is 0 Å². The van der Waals surface area contributed by atoms with Crippen molar-refractivity contribution in [2.75, 3.05) is 0 Å². The van der Waals surface area contributed by atoms with E-state index < -0.39 is 52.0 Å². The maximum absolute atomic E-state index is 14.1. The van der Waals surface area contributed by atoms with Crippen molar-refractivity contribution in [2.45, 2.75) is 111 Å². The summed E-state index contributed by atoms with van der Waals surface area (Å²) in [7, 11) is 0. The first-order valence-corrected chi connectivity index (χ1v) is 13.8. The number of allylic oxidation sites excluding steroid dienone is 1. The molecule has 0 saturated heterocycles. The average molecular weight is 519 g/mol. The van der Waals surface area contributed by atoms with Crippen LogP contribution in [0.5, 0.6) is 0 Å². The van der Waals surface area contributed by atoms with E-state index in [1.54, 1.807) is 0 Å². The third kappa shape index (κ3) is 3.90. The van der Waals surface area contributed by atoms with Crippen LogP contribution in [0.1, 0.15) is 87.0 Å². The van der Waals surface area contributed by atoms with E-state index in [1.807, 2.05) is 34.6 Å². The molecule has 0 aromatic rings. The Labute approximate surface area is 220 Å². The number of carbonyl (C=O) groups is 2. The molecule has 2 fully saturated rings. The lowest BCUT2D eigenvalue weighted by Crippen LogP contribution is -2.61. The van der Waals surface area contributed by atoms with Crippen molar-refractivity contribution in [1.82, 2.24) is 0 Å². The van der Waals surface area contributed by atoms with Gasteiger partial charge in [0.2, 0.25) is 0 Å². The zero-order valence-corrected chi connectivity index (χ0v) is 23.4. The number of aliphatic hydroxyl groups is 4. The highest BCUT2D eigenvalue weighted by atomic mass is 16.4. The van der Waals surface area contributed by atoms with Gasteiger partial charge >= 0.3 is 5.97 Å². The second-order valence-corrected chi connectivity index (χ2v) is 13.9. The molecule has 7 nitrogen and oxygen atoms in total. The number of carboxylic acid groups (broad SMARTS) is 1. The molecule has 0 spiro atoms. The Morgan fingerprint density at radius 1 is 1.08 bits per heavy atom. The fourth-order valence-corrected chi connectivity index (χ4v) is 9.35. The maximum atomic E-state index is 14.1. The number of carboxylic acids is 1. The van der Waals surface area contributed by atoms with Crippen molar-refractivity contribution in [3.8, 4) is 0 Å². The van der Waals surface area contributed by atoms with E-state index in [-0.39, 0.29) is 35.5 Å². The summed E-state index contributed by atoms with van der Waals surface area (Å²) in [5, 5.41) is 53.8. The molecule has 0 radical (unpaired) electrons. The van der Waals surface area contributed by atoms with Gasteiger partial charge < -0.3 is 25.5 Å². The van der Waals surface area contributed by atoms with Gasteiger partial charge in [-0.25, -0.2) is 4.79 Å². The molecule has 10 atom stereocenters. The minimum atomic E-state index is -1.07. The molecule has 2 saturated carbocycles. The number of aliphatic hydroxyl groups excluding tert-OH is 4. The zero-order valence-electron chi connectivity index (χ0n) is 23.4. The molecule has 0 heterocycles. The number of hydrogen-bond acceptors (Lipinski definition) is 6. The summed E-state index contributed by atoms with van der Waals surface area (Å²) in [5.41, 5.74) is -0.889. The van der Waals surface area contributed by atoms with Gasteiger partial charge in [0.25, 0.3) is 0 Å². The van der Waals surface area contributed by atoms with Crippen LogP contribution in [-0.4, -0.2) is 61.7 Å². The second kappa shape index (κ2) is 9.00. The SMILES string of the molecule is CC(=C[C@H](O)C[C@@H](C)[C@H]1C[C@H](O)[C@@]2(C)C3=C(C(=O)C[C@]12C)[C@@]1(C)CC[C@H](O)C(C)(C)[C@H]1C[C@@H]3O)C(=O)O. The fourth-order valence-electron chi connectivity index (χ4n) is 9.35. The quantitative estimate of drug-likeness (QED) is 0.351. The Hall–Kier alpha value is -1.54. The third-order valence-corrected chi connectivity index (χ3v) is 11.7. The van der Waals surface area contributed by atoms with E-state index >= 15 is 0 Å². The Kier molecular flexibility index (Phi) is 6.93. The maximum Gasteiger partial charge on any atom is 0.331 e. The first-order valence-electron chi connectivity index (χ1n) is 13.8. The highest BCUT2D eigenvalue weighted by molar-refractivity contribution is 6.00. The minimum absolute atomic E-state index is 0.0295. The standard InChI is InChI=1S/C30H46O7/c1-15(10-17(31)11-16(2)26(36)37)18-12-23(35)30(7)25-19(32)13-21-27(3,4)22(34)8-9-28(21,5)24(25)20(33)14-29(18,30)6/h11,15,17-19,21-23,31-32,34-35H,8-10,12-14H2,1-7H3,(H,36,37)/t15-,17-,18-,19+,21-,22+,23+,28+,29-,30+/m1/s1. The van der Waals surface area contributed by atoms with Gasteiger partial charge in [-0.05, 0) is 84.7 Å². The summed E-state index contributed by atoms with van der Waals surface area (Å²) < 4.78 is 0. The van der Waals surface area contributed by atoms with Crippen LogP contribution in [0, 0.1) is 39.4 Å². The summed E-state index contributed by atoms with van der Waals surface area (Å²) in [6, 6.07) is 0. The lowest BCUT2D eigenvalue weighted by atomic mass is 9.42. The van der Waals surface area contributed by atoms with Crippen molar-refractivity contribution in [2.24, 2.45) is 39.4 Å². The minimum Gasteiger partial charge on any atom is -0.478 e. The summed E-state index contributed by atoms with van der Waals surface area (Å²) in [5.74, 6) is -1.28. The summed E-state index contributed by atoms with van der Waals surface area (Å²) in [4.78, 5) is 25.3. The van der Waals surface area contributed by atoms with Crippen molar-refractivity contribution in [3.05, 3.63) is 22.8 Å². The lowest BCUT2D eigenvalue weighted by molar-refractivity contribution is -0.140. The molecular formula is C30H46O7. The van der Waals surface area contributed by atoms with Gasteiger partial charge in [-0.1, -0.05) is 41.5 Å². The monoisotopic (exact) mass is 518 g/mol. The van der Waals surface area contributed by atoms with Crippen LogP contribution in [0.15, 0.2) is 22.8 Å². The van der Waals surface area contributed by atoms with E-state index in [9.17, 15) is 30.0 Å². The first kappa shape index (κ1) is 28.5. The Morgan fingerprint density at radius 3 is 2.30 bits per heavy atom. The van der Waals surface area contributed by atoms with Crippen LogP contribution in [0.3, 0.4) is 0 Å². The number of fused-ring (bicyclic) bond motifs is 4. The second-order valence-electron chi connectivity index (χ2n) is 13.9. The Bertz CT molecular complexity index is 1040. The first-order chi connectivity index (χ1) is 16.9. The van der Waals surface area contributed by atoms with Crippen molar-refractivity contribution < 1.29 is 35.1 Å². The van der Waals surface area contributed by atoms with Gasteiger partial charge in [-0.2, -0.15) is 0 Å². The molecule has 4 aliphatic rings. The highest BCUT2D eigenvalue weighted by Crippen LogP contribution is 2.71. The van der Waals surface area contributed by atoms with Crippen LogP contribution in [0.25, 0.3) is 0 Å². The van der Waals surface area contributed by atoms with Gasteiger partial charge in [0, 0.05) is 23.0 Å². The zero-order chi connectivity index (χ0) is 27.9. The smallest absolute Gasteiger partial charge is 0.331 e.